The minimum atomic E-state index is -0.910. The molecule has 0 heterocycles. The fraction of sp³-hybridized carbons (Fsp3) is 0.545. The molecule has 40 heavy (non-hydrogen) atoms. The minimum Gasteiger partial charge on any atom is -0.444 e. The smallest absolute Gasteiger partial charge is 0.408 e. The van der Waals surface area contributed by atoms with E-state index in [1.807, 2.05) is 68.4 Å². The van der Waals surface area contributed by atoms with Gasteiger partial charge in [0.2, 0.25) is 11.8 Å². The van der Waals surface area contributed by atoms with E-state index in [2.05, 4.69) is 24.5 Å². The average Bonchev–Trinajstić information content (AvgIpc) is 2.89. The van der Waals surface area contributed by atoms with Gasteiger partial charge in [0.05, 0.1) is 0 Å². The third kappa shape index (κ3) is 11.0. The van der Waals surface area contributed by atoms with Crippen molar-refractivity contribution < 1.29 is 19.1 Å². The number of hydrogen-bond acceptors (Lipinski definition) is 4. The second kappa shape index (κ2) is 16.0. The average molecular weight is 552 g/mol. The summed E-state index contributed by atoms with van der Waals surface area (Å²) in [4.78, 5) is 42.7. The maximum atomic E-state index is 14.4. The van der Waals surface area contributed by atoms with Gasteiger partial charge in [-0.1, -0.05) is 87.7 Å². The van der Waals surface area contributed by atoms with Crippen molar-refractivity contribution in [2.45, 2.75) is 111 Å². The monoisotopic (exact) mass is 551 g/mol. The molecule has 7 heteroatoms. The van der Waals surface area contributed by atoms with E-state index in [4.69, 9.17) is 4.74 Å². The van der Waals surface area contributed by atoms with Gasteiger partial charge in [-0.05, 0) is 64.2 Å². The number of carbonyl (C=O) groups excluding carboxylic acids is 3. The number of amides is 3. The van der Waals surface area contributed by atoms with Crippen molar-refractivity contribution in [1.82, 2.24) is 15.5 Å². The van der Waals surface area contributed by atoms with Gasteiger partial charge < -0.3 is 20.3 Å². The Bertz CT molecular complexity index is 1060. The van der Waals surface area contributed by atoms with E-state index in [1.54, 1.807) is 25.7 Å². The predicted molar refractivity (Wildman–Crippen MR) is 161 cm³/mol. The van der Waals surface area contributed by atoms with Gasteiger partial charge in [-0.15, -0.1) is 0 Å². The van der Waals surface area contributed by atoms with Crippen molar-refractivity contribution in [3.8, 4) is 0 Å². The van der Waals surface area contributed by atoms with Crippen molar-refractivity contribution in [2.75, 3.05) is 6.54 Å². The first-order chi connectivity index (χ1) is 18.9. The summed E-state index contributed by atoms with van der Waals surface area (Å²) in [6, 6.07) is 15.6. The molecule has 2 N–H and O–H groups in total. The lowest BCUT2D eigenvalue weighted by Crippen LogP contribution is -2.54. The zero-order valence-corrected chi connectivity index (χ0v) is 25.5. The number of unbranched alkanes of at least 4 members (excludes halogenated alkanes) is 3. The van der Waals surface area contributed by atoms with Crippen molar-refractivity contribution in [3.63, 3.8) is 0 Å². The van der Waals surface area contributed by atoms with Crippen molar-refractivity contribution >= 4 is 17.9 Å². The van der Waals surface area contributed by atoms with Gasteiger partial charge in [0, 0.05) is 19.0 Å². The largest absolute Gasteiger partial charge is 0.444 e. The highest BCUT2D eigenvalue weighted by Crippen LogP contribution is 2.25. The van der Waals surface area contributed by atoms with E-state index in [1.165, 1.54) is 0 Å². The van der Waals surface area contributed by atoms with Gasteiger partial charge in [0.25, 0.3) is 0 Å². The summed E-state index contributed by atoms with van der Waals surface area (Å²) < 4.78 is 5.52. The summed E-state index contributed by atoms with van der Waals surface area (Å²) in [5, 5.41) is 5.85. The number of ether oxygens (including phenoxy) is 1. The van der Waals surface area contributed by atoms with Gasteiger partial charge >= 0.3 is 6.09 Å². The molecule has 0 saturated carbocycles. The van der Waals surface area contributed by atoms with Gasteiger partial charge in [0.15, 0.2) is 0 Å². The lowest BCUT2D eigenvalue weighted by Gasteiger charge is -2.35. The summed E-state index contributed by atoms with van der Waals surface area (Å²) in [5.41, 5.74) is 2.08. The Labute approximate surface area is 241 Å². The van der Waals surface area contributed by atoms with Crippen LogP contribution in [-0.4, -0.2) is 47.0 Å². The number of alkyl carbamates (subject to hydrolysis) is 1. The predicted octanol–water partition coefficient (Wildman–Crippen LogP) is 6.36. The molecule has 2 atom stereocenters. The molecule has 0 fully saturated rings. The van der Waals surface area contributed by atoms with E-state index in [-0.39, 0.29) is 24.3 Å². The fourth-order valence-electron chi connectivity index (χ4n) is 4.55. The molecular formula is C33H49N3O4. The molecule has 2 aromatic carbocycles. The summed E-state index contributed by atoms with van der Waals surface area (Å²) >= 11 is 0. The topological polar surface area (TPSA) is 87.7 Å². The van der Waals surface area contributed by atoms with Crippen LogP contribution in [0.1, 0.15) is 96.9 Å². The van der Waals surface area contributed by atoms with E-state index >= 15 is 0 Å². The Morgan fingerprint density at radius 2 is 1.50 bits per heavy atom. The molecule has 0 aliphatic heterocycles. The highest BCUT2D eigenvalue weighted by molar-refractivity contribution is 5.92. The van der Waals surface area contributed by atoms with Gasteiger partial charge in [-0.3, -0.25) is 9.59 Å². The first-order valence-electron chi connectivity index (χ1n) is 14.7. The number of carbonyl (C=O) groups is 3. The van der Waals surface area contributed by atoms with Crippen LogP contribution in [0.15, 0.2) is 54.6 Å². The molecule has 220 valence electrons. The molecule has 2 unspecified atom stereocenters. The Hall–Kier alpha value is -3.35. The lowest BCUT2D eigenvalue weighted by atomic mass is 9.98. The quantitative estimate of drug-likeness (QED) is 0.268. The van der Waals surface area contributed by atoms with Crippen LogP contribution in [0.4, 0.5) is 4.79 Å². The SMILES string of the molecule is CCCCCCN(C(=O)C(Cc1ccccc1)NC(=O)OC(C)(C)C)C(C(=O)NC(C)C)c1ccc(CC)cc1. The van der Waals surface area contributed by atoms with Gasteiger partial charge in [0.1, 0.15) is 17.7 Å². The summed E-state index contributed by atoms with van der Waals surface area (Å²) in [6.07, 6.45) is 4.28. The van der Waals surface area contributed by atoms with Crippen molar-refractivity contribution in [3.05, 3.63) is 71.3 Å². The van der Waals surface area contributed by atoms with E-state index in [0.29, 0.717) is 6.54 Å². The number of benzene rings is 2. The first-order valence-corrected chi connectivity index (χ1v) is 14.7. The van der Waals surface area contributed by atoms with E-state index in [9.17, 15) is 14.4 Å². The van der Waals surface area contributed by atoms with Crippen LogP contribution in [0.2, 0.25) is 0 Å². The number of hydrogen-bond donors (Lipinski definition) is 2. The summed E-state index contributed by atoms with van der Waals surface area (Å²) in [5.74, 6) is -0.548. The zero-order valence-electron chi connectivity index (χ0n) is 25.5. The standard InChI is InChI=1S/C33H49N3O4/c1-8-10-11-15-22-36(29(30(37)34-24(3)4)27-20-18-25(9-2)19-21-27)31(38)28(23-26-16-13-12-14-17-26)35-32(39)40-33(5,6)7/h12-14,16-21,24,28-29H,8-11,15,22-23H2,1-7H3,(H,34,37)(H,35,39). The molecular weight excluding hydrogens is 502 g/mol. The third-order valence-electron chi connectivity index (χ3n) is 6.50. The van der Waals surface area contributed by atoms with Crippen LogP contribution in [-0.2, 0) is 27.2 Å². The van der Waals surface area contributed by atoms with Crippen LogP contribution in [0, 0.1) is 0 Å². The maximum absolute atomic E-state index is 14.4. The maximum Gasteiger partial charge on any atom is 0.408 e. The Morgan fingerprint density at radius 1 is 0.850 bits per heavy atom. The fourth-order valence-corrected chi connectivity index (χ4v) is 4.55. The van der Waals surface area contributed by atoms with Gasteiger partial charge in [-0.25, -0.2) is 4.79 Å². The normalized spacial score (nSPS) is 12.9. The number of aryl methyl sites for hydroxylation is 1. The highest BCUT2D eigenvalue weighted by Gasteiger charge is 2.36. The number of rotatable bonds is 14. The molecule has 3 amide bonds. The van der Waals surface area contributed by atoms with Crippen molar-refractivity contribution in [1.29, 1.82) is 0 Å². The molecule has 0 aliphatic rings. The first kappa shape index (κ1) is 32.9. The molecule has 0 aliphatic carbocycles. The molecule has 0 radical (unpaired) electrons. The minimum absolute atomic E-state index is 0.0954. The van der Waals surface area contributed by atoms with Crippen molar-refractivity contribution in [2.24, 2.45) is 0 Å². The molecule has 7 nitrogen and oxygen atoms in total. The Morgan fingerprint density at radius 3 is 2.05 bits per heavy atom. The zero-order chi connectivity index (χ0) is 29.7. The second-order valence-electron chi connectivity index (χ2n) is 11.6. The Balaban J connectivity index is 2.54. The molecule has 0 spiro atoms. The number of nitrogens with one attached hydrogen (secondary N) is 2. The summed E-state index contributed by atoms with van der Waals surface area (Å²) in [7, 11) is 0. The molecule has 2 rings (SSSR count). The van der Waals surface area contributed by atoms with Crippen LogP contribution in [0.3, 0.4) is 0 Å². The van der Waals surface area contributed by atoms with Crippen LogP contribution in [0.5, 0.6) is 0 Å². The molecule has 2 aromatic rings. The van der Waals surface area contributed by atoms with Crippen LogP contribution < -0.4 is 10.6 Å². The Kier molecular flexibility index (Phi) is 13.2. The molecule has 0 saturated heterocycles. The van der Waals surface area contributed by atoms with Crippen LogP contribution in [0.25, 0.3) is 0 Å². The summed E-state index contributed by atoms with van der Waals surface area (Å²) in [6.45, 7) is 13.8. The molecule has 0 bridgehead atoms. The third-order valence-corrected chi connectivity index (χ3v) is 6.50. The van der Waals surface area contributed by atoms with E-state index < -0.39 is 23.8 Å². The lowest BCUT2D eigenvalue weighted by molar-refractivity contribution is -0.142. The van der Waals surface area contributed by atoms with Crippen LogP contribution >= 0.6 is 0 Å². The van der Waals surface area contributed by atoms with E-state index in [0.717, 1.165) is 48.8 Å². The number of nitrogens with zero attached hydrogens (tertiary/aromatic N) is 1. The molecule has 0 aromatic heterocycles. The van der Waals surface area contributed by atoms with Gasteiger partial charge in [-0.2, -0.15) is 0 Å². The second-order valence-corrected chi connectivity index (χ2v) is 11.6. The highest BCUT2D eigenvalue weighted by atomic mass is 16.6.